The average molecular weight is 421 g/mol. The van der Waals surface area contributed by atoms with Crippen LogP contribution in [0.4, 0.5) is 5.95 Å². The summed E-state index contributed by atoms with van der Waals surface area (Å²) >= 11 is 0. The Labute approximate surface area is 176 Å². The van der Waals surface area contributed by atoms with Gasteiger partial charge in [-0.15, -0.1) is 0 Å². The number of nitrogens with two attached hydrogens (primary N) is 2. The van der Waals surface area contributed by atoms with Gasteiger partial charge >= 0.3 is 11.9 Å². The van der Waals surface area contributed by atoms with Crippen molar-refractivity contribution >= 4 is 29.1 Å². The highest BCUT2D eigenvalue weighted by Crippen LogP contribution is 2.16. The number of ether oxygens (including phenoxy) is 2. The molecule has 0 saturated heterocycles. The summed E-state index contributed by atoms with van der Waals surface area (Å²) in [4.78, 5) is 36.4. The van der Waals surface area contributed by atoms with Crippen molar-refractivity contribution in [2.45, 2.75) is 59.0 Å². The smallest absolute Gasteiger partial charge is 0.323 e. The number of aromatic nitrogens is 4. The van der Waals surface area contributed by atoms with Crippen LogP contribution in [-0.2, 0) is 25.6 Å². The lowest BCUT2D eigenvalue weighted by atomic mass is 10.0. The summed E-state index contributed by atoms with van der Waals surface area (Å²) in [6.45, 7) is 6.67. The number of rotatable bonds is 12. The Morgan fingerprint density at radius 2 is 2.00 bits per heavy atom. The molecule has 3 atom stereocenters. The highest BCUT2D eigenvalue weighted by molar-refractivity contribution is 5.75. The van der Waals surface area contributed by atoms with Gasteiger partial charge in [0.05, 0.1) is 25.7 Å². The molecule has 2 rings (SSSR count). The second kappa shape index (κ2) is 11.4. The van der Waals surface area contributed by atoms with E-state index in [2.05, 4.69) is 15.0 Å². The van der Waals surface area contributed by atoms with Crippen molar-refractivity contribution in [3.8, 4) is 0 Å². The van der Waals surface area contributed by atoms with Crippen LogP contribution in [0, 0.1) is 11.8 Å². The van der Waals surface area contributed by atoms with E-state index in [-0.39, 0.29) is 37.0 Å². The second-order valence-corrected chi connectivity index (χ2v) is 7.50. The minimum atomic E-state index is -0.645. The largest absolute Gasteiger partial charge is 0.465 e. The van der Waals surface area contributed by atoms with Crippen LogP contribution in [0.5, 0.6) is 0 Å². The average Bonchev–Trinajstić information content (AvgIpc) is 3.12. The molecule has 0 spiro atoms. The normalized spacial score (nSPS) is 14.3. The van der Waals surface area contributed by atoms with Gasteiger partial charge in [-0.1, -0.05) is 27.2 Å². The summed E-state index contributed by atoms with van der Waals surface area (Å²) in [6.07, 6.45) is 5.58. The Hall–Kier alpha value is -2.75. The first-order valence-electron chi connectivity index (χ1n) is 10.4. The van der Waals surface area contributed by atoms with Crippen LogP contribution in [0.15, 0.2) is 12.5 Å². The van der Waals surface area contributed by atoms with Crippen molar-refractivity contribution in [2.75, 3.05) is 18.9 Å². The quantitative estimate of drug-likeness (QED) is 0.489. The highest BCUT2D eigenvalue weighted by atomic mass is 16.5. The number of imidazole rings is 1. The lowest BCUT2D eigenvalue weighted by molar-refractivity contribution is -0.149. The van der Waals surface area contributed by atoms with E-state index in [1.807, 2.05) is 25.3 Å². The minimum Gasteiger partial charge on any atom is -0.465 e. The summed E-state index contributed by atoms with van der Waals surface area (Å²) < 4.78 is 12.6. The van der Waals surface area contributed by atoms with Crippen molar-refractivity contribution in [3.05, 3.63) is 12.5 Å². The van der Waals surface area contributed by atoms with Gasteiger partial charge in [0, 0.05) is 18.9 Å². The van der Waals surface area contributed by atoms with Gasteiger partial charge in [0.25, 0.3) is 0 Å². The minimum absolute atomic E-state index is 0.0470. The van der Waals surface area contributed by atoms with Crippen molar-refractivity contribution in [3.63, 3.8) is 0 Å². The molecule has 0 amide bonds. The molecule has 0 bridgehead atoms. The number of fused-ring (bicyclic) bond motifs is 1. The fraction of sp³-hybridized carbons (Fsp3) is 0.650. The van der Waals surface area contributed by atoms with Crippen LogP contribution in [0.3, 0.4) is 0 Å². The zero-order valence-corrected chi connectivity index (χ0v) is 17.9. The number of nitrogens with zero attached hydrogens (tertiary/aromatic N) is 4. The Kier molecular flexibility index (Phi) is 8.97. The molecule has 4 N–H and O–H groups in total. The number of hydrogen-bond acceptors (Lipinski definition) is 9. The molecule has 0 aromatic carbocycles. The van der Waals surface area contributed by atoms with Gasteiger partial charge < -0.3 is 25.5 Å². The first-order chi connectivity index (χ1) is 14.3. The number of hydrogen-bond donors (Lipinski definition) is 2. The van der Waals surface area contributed by atoms with Crippen molar-refractivity contribution in [1.82, 2.24) is 19.5 Å². The Morgan fingerprint density at radius 1 is 1.23 bits per heavy atom. The van der Waals surface area contributed by atoms with Crippen LogP contribution in [-0.4, -0.2) is 50.7 Å². The Balaban J connectivity index is 2.01. The summed E-state index contributed by atoms with van der Waals surface area (Å²) in [5.41, 5.74) is 12.8. The fourth-order valence-corrected chi connectivity index (χ4v) is 2.90. The summed E-state index contributed by atoms with van der Waals surface area (Å²) in [7, 11) is 0. The fourth-order valence-electron chi connectivity index (χ4n) is 2.90. The molecule has 166 valence electrons. The van der Waals surface area contributed by atoms with E-state index in [1.54, 1.807) is 12.5 Å². The standard InChI is InChI=1S/C20H32N6O4/c1-4-6-16(27)30-11-14(7-8-29-19(28)17(21)13(3)5-2)10-26-12-24-15-9-23-20(22)25-18(15)26/h9,12-14,17H,4-8,10-11,21H2,1-3H3,(H2,22,23,25)/t13-,14?,17-/m0/s1. The Morgan fingerprint density at radius 3 is 2.70 bits per heavy atom. The van der Waals surface area contributed by atoms with E-state index < -0.39 is 12.0 Å². The van der Waals surface area contributed by atoms with Gasteiger partial charge in [-0.05, 0) is 18.8 Å². The molecule has 2 aromatic heterocycles. The van der Waals surface area contributed by atoms with E-state index >= 15 is 0 Å². The van der Waals surface area contributed by atoms with Crippen LogP contribution >= 0.6 is 0 Å². The lowest BCUT2D eigenvalue weighted by Crippen LogP contribution is -2.38. The lowest BCUT2D eigenvalue weighted by Gasteiger charge is -2.20. The van der Waals surface area contributed by atoms with Gasteiger partial charge in [0.15, 0.2) is 5.65 Å². The van der Waals surface area contributed by atoms with Crippen LogP contribution in [0.1, 0.15) is 46.5 Å². The van der Waals surface area contributed by atoms with Gasteiger partial charge in [0.1, 0.15) is 11.6 Å². The summed E-state index contributed by atoms with van der Waals surface area (Å²) in [5.74, 6) is -0.569. The third-order valence-electron chi connectivity index (χ3n) is 5.07. The molecule has 0 radical (unpaired) electrons. The maximum Gasteiger partial charge on any atom is 0.323 e. The van der Waals surface area contributed by atoms with Gasteiger partial charge in [-0.3, -0.25) is 9.59 Å². The monoisotopic (exact) mass is 420 g/mol. The number of nitrogen functional groups attached to an aromatic ring is 1. The zero-order valence-electron chi connectivity index (χ0n) is 17.9. The molecule has 1 unspecified atom stereocenters. The predicted molar refractivity (Wildman–Crippen MR) is 112 cm³/mol. The zero-order chi connectivity index (χ0) is 22.1. The first-order valence-corrected chi connectivity index (χ1v) is 10.4. The van der Waals surface area contributed by atoms with E-state index in [9.17, 15) is 9.59 Å². The van der Waals surface area contributed by atoms with E-state index in [1.165, 1.54) is 0 Å². The number of esters is 2. The molecule has 2 aromatic rings. The molecule has 0 fully saturated rings. The third-order valence-corrected chi connectivity index (χ3v) is 5.07. The number of carbonyl (C=O) groups is 2. The Bertz CT molecular complexity index is 840. The molecule has 0 aliphatic heterocycles. The highest BCUT2D eigenvalue weighted by Gasteiger charge is 2.22. The molecule has 0 saturated carbocycles. The van der Waals surface area contributed by atoms with Crippen molar-refractivity contribution in [1.29, 1.82) is 0 Å². The summed E-state index contributed by atoms with van der Waals surface area (Å²) in [6, 6.07) is -0.645. The van der Waals surface area contributed by atoms with Crippen molar-refractivity contribution in [2.24, 2.45) is 17.6 Å². The van der Waals surface area contributed by atoms with E-state index in [0.717, 1.165) is 12.8 Å². The number of anilines is 1. The first kappa shape index (κ1) is 23.5. The van der Waals surface area contributed by atoms with Gasteiger partial charge in [-0.25, -0.2) is 9.97 Å². The number of carbonyl (C=O) groups excluding carboxylic acids is 2. The molecule has 30 heavy (non-hydrogen) atoms. The maximum atomic E-state index is 12.1. The molecular formula is C20H32N6O4. The maximum absolute atomic E-state index is 12.1. The van der Waals surface area contributed by atoms with Crippen LogP contribution in [0.2, 0.25) is 0 Å². The molecule has 0 aliphatic rings. The topological polar surface area (TPSA) is 148 Å². The molecular weight excluding hydrogens is 388 g/mol. The SMILES string of the molecule is CCCC(=O)OCC(CCOC(=O)[C@@H](N)[C@@H](C)CC)Cn1cnc2cnc(N)nc21. The summed E-state index contributed by atoms with van der Waals surface area (Å²) in [5, 5.41) is 0. The van der Waals surface area contributed by atoms with E-state index in [0.29, 0.717) is 30.6 Å². The molecule has 10 heteroatoms. The predicted octanol–water partition coefficient (Wildman–Crippen LogP) is 1.67. The molecule has 0 aliphatic carbocycles. The van der Waals surface area contributed by atoms with Crippen LogP contribution < -0.4 is 11.5 Å². The van der Waals surface area contributed by atoms with E-state index in [4.69, 9.17) is 20.9 Å². The third kappa shape index (κ3) is 6.65. The molecule has 2 heterocycles. The van der Waals surface area contributed by atoms with Gasteiger partial charge in [-0.2, -0.15) is 4.98 Å². The second-order valence-electron chi connectivity index (χ2n) is 7.50. The van der Waals surface area contributed by atoms with Gasteiger partial charge in [0.2, 0.25) is 5.95 Å². The molecule has 10 nitrogen and oxygen atoms in total. The van der Waals surface area contributed by atoms with Crippen LogP contribution in [0.25, 0.3) is 11.2 Å². The van der Waals surface area contributed by atoms with Crippen molar-refractivity contribution < 1.29 is 19.1 Å².